The average Bonchev–Trinajstić information content (AvgIpc) is 2.89. The maximum atomic E-state index is 13.9. The van der Waals surface area contributed by atoms with E-state index in [0.717, 1.165) is 19.9 Å². The number of carbonyl (C=O) groups is 2. The summed E-state index contributed by atoms with van der Waals surface area (Å²) in [7, 11) is -4.10. The number of hydrogen-bond donors (Lipinski definition) is 1. The minimum Gasteiger partial charge on any atom is -0.355 e. The van der Waals surface area contributed by atoms with Crippen LogP contribution in [0.2, 0.25) is 5.02 Å². The molecule has 0 bridgehead atoms. The van der Waals surface area contributed by atoms with Crippen molar-refractivity contribution in [2.24, 2.45) is 0 Å². The van der Waals surface area contributed by atoms with Gasteiger partial charge in [0.05, 0.1) is 10.6 Å². The standard InChI is InChI=1S/C28H31BrClN3O4S/c1-4-26(28(35)31-5-2)32(18-21-8-12-23(30)13-9-21)27(34)19-33(24-14-10-22(29)11-15-24)38(36,37)25-16-6-20(3)7-17-25/h6-17,26H,4-5,18-19H2,1-3H3,(H,31,35)/t26-/m0/s1. The highest BCUT2D eigenvalue weighted by Gasteiger charge is 2.33. The normalized spacial score (nSPS) is 12.0. The lowest BCUT2D eigenvalue weighted by molar-refractivity contribution is -0.140. The third kappa shape index (κ3) is 7.36. The Morgan fingerprint density at radius 1 is 0.947 bits per heavy atom. The molecule has 0 aliphatic rings. The molecule has 0 aliphatic heterocycles. The molecule has 0 heterocycles. The zero-order valence-corrected chi connectivity index (χ0v) is 24.7. The van der Waals surface area contributed by atoms with Gasteiger partial charge in [0.2, 0.25) is 11.8 Å². The minimum absolute atomic E-state index is 0.0684. The third-order valence-corrected chi connectivity index (χ3v) is 8.57. The summed E-state index contributed by atoms with van der Waals surface area (Å²) >= 11 is 9.41. The number of amides is 2. The molecule has 0 radical (unpaired) electrons. The van der Waals surface area contributed by atoms with E-state index >= 15 is 0 Å². The molecular formula is C28H31BrClN3O4S. The summed E-state index contributed by atoms with van der Waals surface area (Å²) in [5, 5.41) is 3.34. The second-order valence-electron chi connectivity index (χ2n) is 8.77. The van der Waals surface area contributed by atoms with Gasteiger partial charge in [-0.2, -0.15) is 0 Å². The molecule has 0 saturated heterocycles. The molecule has 0 aliphatic carbocycles. The Bertz CT molecular complexity index is 1350. The van der Waals surface area contributed by atoms with Gasteiger partial charge in [-0.15, -0.1) is 0 Å². The fraction of sp³-hybridized carbons (Fsp3) is 0.286. The number of benzene rings is 3. The largest absolute Gasteiger partial charge is 0.355 e. The third-order valence-electron chi connectivity index (χ3n) is 6.01. The number of nitrogens with one attached hydrogen (secondary N) is 1. The van der Waals surface area contributed by atoms with Crippen molar-refractivity contribution in [1.82, 2.24) is 10.2 Å². The van der Waals surface area contributed by atoms with Gasteiger partial charge in [0, 0.05) is 22.6 Å². The van der Waals surface area contributed by atoms with Crippen molar-refractivity contribution in [3.05, 3.63) is 93.4 Å². The number of halogens is 2. The lowest BCUT2D eigenvalue weighted by atomic mass is 10.1. The first-order valence-corrected chi connectivity index (χ1v) is 14.8. The fourth-order valence-electron chi connectivity index (χ4n) is 3.97. The number of anilines is 1. The first-order valence-electron chi connectivity index (χ1n) is 12.2. The second kappa shape index (κ2) is 13.3. The average molecular weight is 621 g/mol. The lowest BCUT2D eigenvalue weighted by Crippen LogP contribution is -2.52. The number of carbonyl (C=O) groups excluding carboxylic acids is 2. The van der Waals surface area contributed by atoms with E-state index in [2.05, 4.69) is 21.2 Å². The summed E-state index contributed by atoms with van der Waals surface area (Å²) in [6.45, 7) is 5.53. The quantitative estimate of drug-likeness (QED) is 0.305. The minimum atomic E-state index is -4.10. The van der Waals surface area contributed by atoms with Crippen LogP contribution in [0.15, 0.2) is 82.2 Å². The van der Waals surface area contributed by atoms with Gasteiger partial charge in [-0.25, -0.2) is 8.42 Å². The highest BCUT2D eigenvalue weighted by atomic mass is 79.9. The predicted octanol–water partition coefficient (Wildman–Crippen LogP) is 5.55. The molecule has 0 fully saturated rings. The van der Waals surface area contributed by atoms with Gasteiger partial charge in [-0.1, -0.05) is 64.3 Å². The maximum absolute atomic E-state index is 13.9. The van der Waals surface area contributed by atoms with E-state index in [1.165, 1.54) is 17.0 Å². The molecular weight excluding hydrogens is 590 g/mol. The van der Waals surface area contributed by atoms with Gasteiger partial charge in [0.1, 0.15) is 12.6 Å². The van der Waals surface area contributed by atoms with Crippen molar-refractivity contribution < 1.29 is 18.0 Å². The molecule has 7 nitrogen and oxygen atoms in total. The van der Waals surface area contributed by atoms with Gasteiger partial charge >= 0.3 is 0 Å². The number of nitrogens with zero attached hydrogens (tertiary/aromatic N) is 2. The fourth-order valence-corrected chi connectivity index (χ4v) is 5.78. The Kier molecular flexibility index (Phi) is 10.4. The summed E-state index contributed by atoms with van der Waals surface area (Å²) in [5.41, 5.74) is 2.01. The Labute approximate surface area is 238 Å². The van der Waals surface area contributed by atoms with Crippen molar-refractivity contribution in [1.29, 1.82) is 0 Å². The molecule has 0 unspecified atom stereocenters. The van der Waals surface area contributed by atoms with E-state index in [9.17, 15) is 18.0 Å². The van der Waals surface area contributed by atoms with Crippen molar-refractivity contribution in [3.63, 3.8) is 0 Å². The van der Waals surface area contributed by atoms with E-state index in [4.69, 9.17) is 11.6 Å². The maximum Gasteiger partial charge on any atom is 0.264 e. The zero-order valence-electron chi connectivity index (χ0n) is 21.5. The van der Waals surface area contributed by atoms with Crippen LogP contribution in [-0.2, 0) is 26.2 Å². The first-order chi connectivity index (χ1) is 18.1. The zero-order chi connectivity index (χ0) is 27.9. The molecule has 38 heavy (non-hydrogen) atoms. The van der Waals surface area contributed by atoms with Gasteiger partial charge in [0.25, 0.3) is 10.0 Å². The molecule has 202 valence electrons. The van der Waals surface area contributed by atoms with Crippen molar-refractivity contribution >= 4 is 55.1 Å². The van der Waals surface area contributed by atoms with Gasteiger partial charge < -0.3 is 10.2 Å². The van der Waals surface area contributed by atoms with Crippen LogP contribution in [0.3, 0.4) is 0 Å². The molecule has 2 amide bonds. The number of sulfonamides is 1. The Hall–Kier alpha value is -2.88. The van der Waals surface area contributed by atoms with Crippen LogP contribution in [0, 0.1) is 6.92 Å². The van der Waals surface area contributed by atoms with E-state index in [-0.39, 0.29) is 17.3 Å². The second-order valence-corrected chi connectivity index (χ2v) is 12.0. The molecule has 0 saturated carbocycles. The van der Waals surface area contributed by atoms with Gasteiger partial charge in [-0.3, -0.25) is 13.9 Å². The number of rotatable bonds is 11. The number of likely N-dealkylation sites (N-methyl/N-ethyl adjacent to an activating group) is 1. The molecule has 3 aromatic carbocycles. The molecule has 0 spiro atoms. The van der Waals surface area contributed by atoms with E-state index in [0.29, 0.717) is 23.7 Å². The van der Waals surface area contributed by atoms with Crippen LogP contribution in [0.5, 0.6) is 0 Å². The summed E-state index contributed by atoms with van der Waals surface area (Å²) in [6.07, 6.45) is 0.355. The van der Waals surface area contributed by atoms with Crippen molar-refractivity contribution in [2.45, 2.75) is 44.7 Å². The van der Waals surface area contributed by atoms with Crippen LogP contribution in [-0.4, -0.2) is 44.3 Å². The summed E-state index contributed by atoms with van der Waals surface area (Å²) in [5.74, 6) is -0.800. The highest BCUT2D eigenvalue weighted by Crippen LogP contribution is 2.26. The topological polar surface area (TPSA) is 86.8 Å². The molecule has 1 atom stereocenters. The van der Waals surface area contributed by atoms with E-state index in [1.54, 1.807) is 67.6 Å². The van der Waals surface area contributed by atoms with E-state index in [1.807, 2.05) is 13.8 Å². The lowest BCUT2D eigenvalue weighted by Gasteiger charge is -2.33. The van der Waals surface area contributed by atoms with Gasteiger partial charge in [-0.05, 0) is 74.4 Å². The molecule has 3 rings (SSSR count). The van der Waals surface area contributed by atoms with Gasteiger partial charge in [0.15, 0.2) is 0 Å². The summed E-state index contributed by atoms with van der Waals surface area (Å²) in [4.78, 5) is 28.4. The Morgan fingerprint density at radius 2 is 1.55 bits per heavy atom. The molecule has 3 aromatic rings. The Morgan fingerprint density at radius 3 is 2.11 bits per heavy atom. The molecule has 10 heteroatoms. The monoisotopic (exact) mass is 619 g/mol. The molecule has 1 N–H and O–H groups in total. The summed E-state index contributed by atoms with van der Waals surface area (Å²) in [6, 6.07) is 19.4. The predicted molar refractivity (Wildman–Crippen MR) is 155 cm³/mol. The SMILES string of the molecule is CCNC(=O)[C@H](CC)N(Cc1ccc(Cl)cc1)C(=O)CN(c1ccc(Br)cc1)S(=O)(=O)c1ccc(C)cc1. The van der Waals surface area contributed by atoms with Crippen molar-refractivity contribution in [2.75, 3.05) is 17.4 Å². The number of aryl methyl sites for hydroxylation is 1. The molecule has 0 aromatic heterocycles. The summed E-state index contributed by atoms with van der Waals surface area (Å²) < 4.78 is 29.5. The van der Waals surface area contributed by atoms with Crippen LogP contribution >= 0.6 is 27.5 Å². The highest BCUT2D eigenvalue weighted by molar-refractivity contribution is 9.10. The van der Waals surface area contributed by atoms with Crippen LogP contribution in [0.1, 0.15) is 31.4 Å². The van der Waals surface area contributed by atoms with E-state index < -0.39 is 28.5 Å². The van der Waals surface area contributed by atoms with Crippen LogP contribution in [0.4, 0.5) is 5.69 Å². The van der Waals surface area contributed by atoms with Crippen LogP contribution in [0.25, 0.3) is 0 Å². The van der Waals surface area contributed by atoms with Crippen molar-refractivity contribution in [3.8, 4) is 0 Å². The Balaban J connectivity index is 2.04. The smallest absolute Gasteiger partial charge is 0.264 e. The first kappa shape index (κ1) is 29.7. The van der Waals surface area contributed by atoms with Crippen LogP contribution < -0.4 is 9.62 Å². The number of hydrogen-bond acceptors (Lipinski definition) is 4.